The molecule has 0 saturated carbocycles. The highest BCUT2D eigenvalue weighted by Gasteiger charge is 2.20. The van der Waals surface area contributed by atoms with Gasteiger partial charge in [-0.1, -0.05) is 24.4 Å². The minimum atomic E-state index is -0.0430. The maximum Gasteiger partial charge on any atom is 0.272 e. The van der Waals surface area contributed by atoms with Crippen LogP contribution in [0.1, 0.15) is 42.0 Å². The molecule has 7 heteroatoms. The Hall–Kier alpha value is -2.34. The van der Waals surface area contributed by atoms with Gasteiger partial charge in [0.15, 0.2) is 0 Å². The molecule has 0 radical (unpaired) electrons. The second-order valence-corrected chi connectivity index (χ2v) is 6.80. The van der Waals surface area contributed by atoms with Gasteiger partial charge in [-0.25, -0.2) is 9.97 Å². The fraction of sp³-hybridized carbons (Fsp3) is 0.421. The van der Waals surface area contributed by atoms with E-state index >= 15 is 0 Å². The van der Waals surface area contributed by atoms with Gasteiger partial charge in [-0.3, -0.25) is 4.79 Å². The highest BCUT2D eigenvalue weighted by atomic mass is 35.5. The van der Waals surface area contributed by atoms with Gasteiger partial charge in [0.1, 0.15) is 23.1 Å². The number of hydrogen-bond acceptors (Lipinski definition) is 5. The van der Waals surface area contributed by atoms with Gasteiger partial charge in [-0.2, -0.15) is 0 Å². The van der Waals surface area contributed by atoms with E-state index in [1.807, 2.05) is 4.90 Å². The summed E-state index contributed by atoms with van der Waals surface area (Å²) in [7, 11) is 1.59. The summed E-state index contributed by atoms with van der Waals surface area (Å²) < 4.78 is 5.35. The van der Waals surface area contributed by atoms with Gasteiger partial charge in [-0.15, -0.1) is 0 Å². The Balaban J connectivity index is 1.86. The first-order chi connectivity index (χ1) is 12.6. The van der Waals surface area contributed by atoms with E-state index < -0.39 is 0 Å². The molecule has 1 fully saturated rings. The Kier molecular flexibility index (Phi) is 5.93. The average molecular weight is 375 g/mol. The predicted molar refractivity (Wildman–Crippen MR) is 102 cm³/mol. The summed E-state index contributed by atoms with van der Waals surface area (Å²) in [5.74, 6) is 1.68. The van der Waals surface area contributed by atoms with E-state index in [0.29, 0.717) is 33.8 Å². The Labute approximate surface area is 158 Å². The maximum atomic E-state index is 12.8. The maximum absolute atomic E-state index is 12.8. The average Bonchev–Trinajstić information content (AvgIpc) is 2.90. The van der Waals surface area contributed by atoms with Crippen LogP contribution < -0.4 is 10.1 Å². The minimum Gasteiger partial charge on any atom is -0.495 e. The van der Waals surface area contributed by atoms with E-state index in [4.69, 9.17) is 16.3 Å². The number of carbonyl (C=O) groups is 1. The summed E-state index contributed by atoms with van der Waals surface area (Å²) >= 11 is 6.08. The van der Waals surface area contributed by atoms with Gasteiger partial charge >= 0.3 is 0 Å². The van der Waals surface area contributed by atoms with Crippen LogP contribution in [0.5, 0.6) is 5.75 Å². The van der Waals surface area contributed by atoms with Crippen molar-refractivity contribution >= 4 is 29.0 Å². The van der Waals surface area contributed by atoms with Crippen molar-refractivity contribution in [2.75, 3.05) is 25.5 Å². The molecule has 3 rings (SSSR count). The predicted octanol–water partition coefficient (Wildman–Crippen LogP) is 4.21. The number of aryl methyl sites for hydroxylation is 1. The number of carbonyl (C=O) groups excluding carboxylic acids is 1. The van der Waals surface area contributed by atoms with Gasteiger partial charge in [0, 0.05) is 24.2 Å². The lowest BCUT2D eigenvalue weighted by Crippen LogP contribution is -2.32. The van der Waals surface area contributed by atoms with Crippen molar-refractivity contribution in [2.24, 2.45) is 0 Å². The third kappa shape index (κ3) is 4.43. The summed E-state index contributed by atoms with van der Waals surface area (Å²) in [6.45, 7) is 3.35. The van der Waals surface area contributed by atoms with Gasteiger partial charge in [0.2, 0.25) is 0 Å². The standard InChI is InChI=1S/C19H23ClN4O2/c1-13-21-16(19(25)24-9-5-3-4-6-10-24)12-18(22-13)23-15-11-14(20)7-8-17(15)26-2/h7-8,11-12H,3-6,9-10H2,1-2H3,(H,21,22,23). The van der Waals surface area contributed by atoms with Crippen LogP contribution in [0.15, 0.2) is 24.3 Å². The van der Waals surface area contributed by atoms with Crippen molar-refractivity contribution in [3.05, 3.63) is 40.8 Å². The van der Waals surface area contributed by atoms with E-state index in [2.05, 4.69) is 15.3 Å². The molecule has 2 aromatic rings. The van der Waals surface area contributed by atoms with Crippen molar-refractivity contribution in [3.63, 3.8) is 0 Å². The number of amides is 1. The van der Waals surface area contributed by atoms with Gasteiger partial charge in [0.05, 0.1) is 12.8 Å². The van der Waals surface area contributed by atoms with Gasteiger partial charge < -0.3 is 15.0 Å². The number of aromatic nitrogens is 2. The van der Waals surface area contributed by atoms with Gasteiger partial charge in [-0.05, 0) is 38.0 Å². The van der Waals surface area contributed by atoms with Gasteiger partial charge in [0.25, 0.3) is 5.91 Å². The molecule has 0 bridgehead atoms. The number of benzene rings is 1. The van der Waals surface area contributed by atoms with Crippen molar-refractivity contribution in [3.8, 4) is 5.75 Å². The zero-order chi connectivity index (χ0) is 18.5. The number of anilines is 2. The highest BCUT2D eigenvalue weighted by molar-refractivity contribution is 6.31. The molecule has 1 aliphatic rings. The summed E-state index contributed by atoms with van der Waals surface area (Å²) in [5.41, 5.74) is 1.09. The molecule has 2 heterocycles. The number of nitrogens with zero attached hydrogens (tertiary/aromatic N) is 3. The van der Waals surface area contributed by atoms with Crippen LogP contribution in [0.4, 0.5) is 11.5 Å². The number of rotatable bonds is 4. The van der Waals surface area contributed by atoms with Crippen LogP contribution in [0.25, 0.3) is 0 Å². The molecule has 26 heavy (non-hydrogen) atoms. The third-order valence-corrected chi connectivity index (χ3v) is 4.61. The highest BCUT2D eigenvalue weighted by Crippen LogP contribution is 2.30. The minimum absolute atomic E-state index is 0.0430. The molecular weight excluding hydrogens is 352 g/mol. The number of nitrogens with one attached hydrogen (secondary N) is 1. The number of ether oxygens (including phenoxy) is 1. The lowest BCUT2D eigenvalue weighted by Gasteiger charge is -2.20. The topological polar surface area (TPSA) is 67.3 Å². The van der Waals surface area contributed by atoms with Crippen LogP contribution in [-0.4, -0.2) is 41.0 Å². The molecular formula is C19H23ClN4O2. The summed E-state index contributed by atoms with van der Waals surface area (Å²) in [5, 5.41) is 3.77. The molecule has 0 spiro atoms. The van der Waals surface area contributed by atoms with Crippen LogP contribution in [0.3, 0.4) is 0 Å². The number of methoxy groups -OCH3 is 1. The van der Waals surface area contributed by atoms with E-state index in [0.717, 1.165) is 25.9 Å². The molecule has 0 unspecified atom stereocenters. The molecule has 138 valence electrons. The van der Waals surface area contributed by atoms with Crippen LogP contribution in [0.2, 0.25) is 5.02 Å². The Morgan fingerprint density at radius 1 is 1.15 bits per heavy atom. The fourth-order valence-electron chi connectivity index (χ4n) is 3.09. The normalized spacial score (nSPS) is 14.7. The number of hydrogen-bond donors (Lipinski definition) is 1. The molecule has 0 aliphatic carbocycles. The largest absolute Gasteiger partial charge is 0.495 e. The number of likely N-dealkylation sites (tertiary alicyclic amines) is 1. The smallest absolute Gasteiger partial charge is 0.272 e. The Bertz CT molecular complexity index is 789. The van der Waals surface area contributed by atoms with Crippen molar-refractivity contribution in [1.29, 1.82) is 0 Å². The zero-order valence-corrected chi connectivity index (χ0v) is 15.8. The lowest BCUT2D eigenvalue weighted by molar-refractivity contribution is 0.0755. The zero-order valence-electron chi connectivity index (χ0n) is 15.1. The van der Waals surface area contributed by atoms with E-state index in [1.165, 1.54) is 12.8 Å². The molecule has 1 aromatic heterocycles. The Morgan fingerprint density at radius 3 is 2.58 bits per heavy atom. The molecule has 1 aliphatic heterocycles. The first kappa shape index (κ1) is 18.5. The van der Waals surface area contributed by atoms with Crippen molar-refractivity contribution < 1.29 is 9.53 Å². The quantitative estimate of drug-likeness (QED) is 0.868. The Morgan fingerprint density at radius 2 is 1.88 bits per heavy atom. The summed E-state index contributed by atoms with van der Waals surface area (Å²) in [4.78, 5) is 23.5. The van der Waals surface area contributed by atoms with Crippen molar-refractivity contribution in [1.82, 2.24) is 14.9 Å². The third-order valence-electron chi connectivity index (χ3n) is 4.37. The lowest BCUT2D eigenvalue weighted by atomic mass is 10.2. The summed E-state index contributed by atoms with van der Waals surface area (Å²) in [6.07, 6.45) is 4.43. The molecule has 0 atom stereocenters. The summed E-state index contributed by atoms with van der Waals surface area (Å²) in [6, 6.07) is 6.97. The van der Waals surface area contributed by atoms with E-state index in [1.54, 1.807) is 38.3 Å². The van der Waals surface area contributed by atoms with Crippen LogP contribution >= 0.6 is 11.6 Å². The second-order valence-electron chi connectivity index (χ2n) is 6.36. The monoisotopic (exact) mass is 374 g/mol. The van der Waals surface area contributed by atoms with E-state index in [-0.39, 0.29) is 5.91 Å². The van der Waals surface area contributed by atoms with Crippen LogP contribution in [0, 0.1) is 6.92 Å². The molecule has 1 aromatic carbocycles. The fourth-order valence-corrected chi connectivity index (χ4v) is 3.27. The van der Waals surface area contributed by atoms with Crippen LogP contribution in [-0.2, 0) is 0 Å². The molecule has 1 N–H and O–H groups in total. The molecule has 1 saturated heterocycles. The van der Waals surface area contributed by atoms with E-state index in [9.17, 15) is 4.79 Å². The first-order valence-corrected chi connectivity index (χ1v) is 9.20. The first-order valence-electron chi connectivity index (χ1n) is 8.82. The van der Waals surface area contributed by atoms with Crippen molar-refractivity contribution in [2.45, 2.75) is 32.6 Å². The second kappa shape index (κ2) is 8.36. The number of halogens is 1. The molecule has 1 amide bonds. The SMILES string of the molecule is COc1ccc(Cl)cc1Nc1cc(C(=O)N2CCCCCC2)nc(C)n1. The molecule has 6 nitrogen and oxygen atoms in total.